The van der Waals surface area contributed by atoms with E-state index in [1.807, 2.05) is 24.3 Å². The van der Waals surface area contributed by atoms with Gasteiger partial charge in [0.25, 0.3) is 0 Å². The number of hydrogen-bond acceptors (Lipinski definition) is 6. The molecule has 6 nitrogen and oxygen atoms in total. The van der Waals surface area contributed by atoms with Gasteiger partial charge in [0.15, 0.2) is 5.78 Å². The monoisotopic (exact) mass is 334 g/mol. The van der Waals surface area contributed by atoms with Gasteiger partial charge in [-0.05, 0) is 23.3 Å². The van der Waals surface area contributed by atoms with E-state index in [2.05, 4.69) is 6.58 Å². The third-order valence-electron chi connectivity index (χ3n) is 4.00. The summed E-state index contributed by atoms with van der Waals surface area (Å²) in [5, 5.41) is 38.5. The van der Waals surface area contributed by atoms with Gasteiger partial charge in [-0.25, -0.2) is 0 Å². The van der Waals surface area contributed by atoms with Crippen molar-refractivity contribution in [1.82, 2.24) is 0 Å². The molecule has 0 unspecified atom stereocenters. The van der Waals surface area contributed by atoms with E-state index < -0.39 is 37.1 Å². The third kappa shape index (κ3) is 4.37. The van der Waals surface area contributed by atoms with Crippen LogP contribution >= 0.6 is 0 Å². The predicted molar refractivity (Wildman–Crippen MR) is 89.0 cm³/mol. The Morgan fingerprint density at radius 1 is 1.12 bits per heavy atom. The Labute approximate surface area is 140 Å². The van der Waals surface area contributed by atoms with Crippen molar-refractivity contribution in [3.05, 3.63) is 48.0 Å². The molecule has 24 heavy (non-hydrogen) atoms. The minimum Gasteiger partial charge on any atom is -0.394 e. The summed E-state index contributed by atoms with van der Waals surface area (Å²) in [6.07, 6.45) is -1.75. The minimum atomic E-state index is -1.47. The zero-order valence-electron chi connectivity index (χ0n) is 13.2. The average molecular weight is 334 g/mol. The van der Waals surface area contributed by atoms with Gasteiger partial charge in [0.2, 0.25) is 0 Å². The normalized spacial score (nSPS) is 30.4. The van der Waals surface area contributed by atoms with Crippen LogP contribution in [0.15, 0.2) is 36.9 Å². The molecule has 1 aliphatic rings. The Morgan fingerprint density at radius 2 is 1.79 bits per heavy atom. The molecule has 2 rings (SSSR count). The zero-order valence-corrected chi connectivity index (χ0v) is 13.2. The maximum atomic E-state index is 12.1. The lowest BCUT2D eigenvalue weighted by Crippen LogP contribution is -2.58. The number of allylic oxidation sites excluding steroid dienone is 1. The summed E-state index contributed by atoms with van der Waals surface area (Å²) in [5.74, 6) is -0.302. The van der Waals surface area contributed by atoms with Crippen LogP contribution in [-0.4, -0.2) is 63.3 Å². The van der Waals surface area contributed by atoms with E-state index in [1.54, 1.807) is 12.2 Å². The Hall–Kier alpha value is -1.83. The maximum absolute atomic E-state index is 12.1. The Balaban J connectivity index is 2.00. The Kier molecular flexibility index (Phi) is 6.42. The molecule has 0 saturated carbocycles. The molecule has 130 valence electrons. The van der Waals surface area contributed by atoms with Crippen LogP contribution in [0.3, 0.4) is 0 Å². The van der Waals surface area contributed by atoms with E-state index in [1.165, 1.54) is 6.08 Å². The first-order valence-electron chi connectivity index (χ1n) is 7.70. The van der Waals surface area contributed by atoms with E-state index in [4.69, 9.17) is 9.84 Å². The second-order valence-corrected chi connectivity index (χ2v) is 5.75. The van der Waals surface area contributed by atoms with Gasteiger partial charge in [-0.2, -0.15) is 0 Å². The molecule has 0 amide bonds. The molecular formula is C18H22O6. The van der Waals surface area contributed by atoms with Crippen molar-refractivity contribution in [1.29, 1.82) is 0 Å². The third-order valence-corrected chi connectivity index (χ3v) is 4.00. The lowest BCUT2D eigenvalue weighted by Gasteiger charge is -2.39. The standard InChI is InChI=1S/C18H22O6/c1-2-11-4-3-5-12(8-11)6-7-13(20)9-14-16(21)18(23)17(22)15(10-19)24-14/h2-8,14-19,21-23H,1,9-10H2/b7-6+/t14-,15+,16-,17-,18+/m0/s1. The molecule has 5 atom stereocenters. The fourth-order valence-corrected chi connectivity index (χ4v) is 2.59. The van der Waals surface area contributed by atoms with E-state index in [0.29, 0.717) is 0 Å². The van der Waals surface area contributed by atoms with Crippen LogP contribution in [0.25, 0.3) is 12.2 Å². The quantitative estimate of drug-likeness (QED) is 0.552. The number of ether oxygens (including phenoxy) is 1. The average Bonchev–Trinajstić information content (AvgIpc) is 2.60. The van der Waals surface area contributed by atoms with Gasteiger partial charge in [0.05, 0.1) is 12.7 Å². The largest absolute Gasteiger partial charge is 0.394 e. The smallest absolute Gasteiger partial charge is 0.158 e. The van der Waals surface area contributed by atoms with Crippen LogP contribution in [0.5, 0.6) is 0 Å². The van der Waals surface area contributed by atoms with Crippen LogP contribution in [0.1, 0.15) is 17.5 Å². The summed E-state index contributed by atoms with van der Waals surface area (Å²) in [7, 11) is 0. The number of aliphatic hydroxyl groups excluding tert-OH is 4. The molecule has 1 aromatic carbocycles. The van der Waals surface area contributed by atoms with Crippen molar-refractivity contribution in [2.45, 2.75) is 36.9 Å². The lowest BCUT2D eigenvalue weighted by atomic mass is 9.92. The van der Waals surface area contributed by atoms with Crippen molar-refractivity contribution in [3.63, 3.8) is 0 Å². The number of hydrogen-bond donors (Lipinski definition) is 4. The summed E-state index contributed by atoms with van der Waals surface area (Å²) < 4.78 is 5.31. The SMILES string of the molecule is C=Cc1cccc(/C=C/C(=O)C[C@@H]2O[C@H](CO)[C@H](O)[C@H](O)[C@H]2O)c1. The van der Waals surface area contributed by atoms with Crippen molar-refractivity contribution < 1.29 is 30.0 Å². The van der Waals surface area contributed by atoms with Crippen LogP contribution in [-0.2, 0) is 9.53 Å². The number of carbonyl (C=O) groups excluding carboxylic acids is 1. The molecule has 4 N–H and O–H groups in total. The van der Waals surface area contributed by atoms with Crippen LogP contribution in [0.4, 0.5) is 0 Å². The molecule has 1 aliphatic heterocycles. The van der Waals surface area contributed by atoms with E-state index >= 15 is 0 Å². The molecule has 0 spiro atoms. The number of ketones is 1. The fraction of sp³-hybridized carbons (Fsp3) is 0.389. The van der Waals surface area contributed by atoms with Crippen LogP contribution in [0, 0.1) is 0 Å². The predicted octanol–water partition coefficient (Wildman–Crippen LogP) is 0.144. The van der Waals surface area contributed by atoms with E-state index in [0.717, 1.165) is 11.1 Å². The molecule has 1 saturated heterocycles. The highest BCUT2D eigenvalue weighted by Gasteiger charge is 2.43. The van der Waals surface area contributed by atoms with Crippen molar-refractivity contribution >= 4 is 17.9 Å². The second-order valence-electron chi connectivity index (χ2n) is 5.75. The van der Waals surface area contributed by atoms with Gasteiger partial charge >= 0.3 is 0 Å². The zero-order chi connectivity index (χ0) is 17.7. The molecule has 1 heterocycles. The Morgan fingerprint density at radius 3 is 2.46 bits per heavy atom. The lowest BCUT2D eigenvalue weighted by molar-refractivity contribution is -0.229. The molecule has 1 fully saturated rings. The first-order chi connectivity index (χ1) is 11.5. The molecule has 1 aromatic rings. The molecule has 0 aromatic heterocycles. The fourth-order valence-electron chi connectivity index (χ4n) is 2.59. The molecule has 0 radical (unpaired) electrons. The van der Waals surface area contributed by atoms with Gasteiger partial charge in [0.1, 0.15) is 24.4 Å². The van der Waals surface area contributed by atoms with Gasteiger partial charge < -0.3 is 25.2 Å². The van der Waals surface area contributed by atoms with Crippen molar-refractivity contribution in [3.8, 4) is 0 Å². The topological polar surface area (TPSA) is 107 Å². The number of rotatable bonds is 6. The first-order valence-corrected chi connectivity index (χ1v) is 7.70. The maximum Gasteiger partial charge on any atom is 0.158 e. The van der Waals surface area contributed by atoms with Crippen molar-refractivity contribution in [2.75, 3.05) is 6.61 Å². The number of benzene rings is 1. The van der Waals surface area contributed by atoms with E-state index in [-0.39, 0.29) is 12.2 Å². The number of carbonyl (C=O) groups is 1. The van der Waals surface area contributed by atoms with Gasteiger partial charge in [0, 0.05) is 6.42 Å². The molecule has 6 heteroatoms. The number of aliphatic hydroxyl groups is 4. The Bertz CT molecular complexity index is 609. The summed E-state index contributed by atoms with van der Waals surface area (Å²) in [4.78, 5) is 12.1. The second kappa shape index (κ2) is 8.32. The highest BCUT2D eigenvalue weighted by molar-refractivity contribution is 5.94. The van der Waals surface area contributed by atoms with Crippen molar-refractivity contribution in [2.24, 2.45) is 0 Å². The van der Waals surface area contributed by atoms with Gasteiger partial charge in [-0.3, -0.25) is 4.79 Å². The summed E-state index contributed by atoms with van der Waals surface area (Å²) in [5.41, 5.74) is 1.76. The minimum absolute atomic E-state index is 0.168. The van der Waals surface area contributed by atoms with Gasteiger partial charge in [-0.15, -0.1) is 0 Å². The molecule has 0 bridgehead atoms. The molecule has 0 aliphatic carbocycles. The summed E-state index contributed by atoms with van der Waals surface area (Å²) in [6, 6.07) is 7.44. The highest BCUT2D eigenvalue weighted by atomic mass is 16.5. The molecular weight excluding hydrogens is 312 g/mol. The summed E-state index contributed by atoms with van der Waals surface area (Å²) in [6.45, 7) is 3.17. The van der Waals surface area contributed by atoms with Crippen LogP contribution in [0.2, 0.25) is 0 Å². The first kappa shape index (κ1) is 18.5. The summed E-state index contributed by atoms with van der Waals surface area (Å²) >= 11 is 0. The highest BCUT2D eigenvalue weighted by Crippen LogP contribution is 2.23. The van der Waals surface area contributed by atoms with Gasteiger partial charge in [-0.1, -0.05) is 36.9 Å². The van der Waals surface area contributed by atoms with Crippen LogP contribution < -0.4 is 0 Å². The van der Waals surface area contributed by atoms with E-state index in [9.17, 15) is 20.1 Å².